The third kappa shape index (κ3) is 2.69. The molecule has 0 bridgehead atoms. The van der Waals surface area contributed by atoms with Crippen LogP contribution in [0.2, 0.25) is 0 Å². The Labute approximate surface area is 91.2 Å². The van der Waals surface area contributed by atoms with Crippen molar-refractivity contribution >= 4 is 0 Å². The molecule has 0 spiro atoms. The van der Waals surface area contributed by atoms with E-state index in [4.69, 9.17) is 14.6 Å². The number of hydrogen-bond donors (Lipinski definition) is 1. The van der Waals surface area contributed by atoms with Crippen LogP contribution in [0.5, 0.6) is 0 Å². The van der Waals surface area contributed by atoms with Crippen molar-refractivity contribution in [3.8, 4) is 0 Å². The molecule has 0 aromatic heterocycles. The molecule has 0 radical (unpaired) electrons. The minimum Gasteiger partial charge on any atom is -0.396 e. The lowest BCUT2D eigenvalue weighted by Gasteiger charge is -2.18. The first-order valence-corrected chi connectivity index (χ1v) is 5.93. The second-order valence-corrected chi connectivity index (χ2v) is 4.41. The third-order valence-corrected chi connectivity index (χ3v) is 3.36. The highest BCUT2D eigenvalue weighted by Crippen LogP contribution is 2.27. The van der Waals surface area contributed by atoms with Gasteiger partial charge in [-0.25, -0.2) is 0 Å². The fourth-order valence-electron chi connectivity index (χ4n) is 2.38. The van der Waals surface area contributed by atoms with Gasteiger partial charge in [-0.3, -0.25) is 0 Å². The minimum atomic E-state index is -0.0295. The summed E-state index contributed by atoms with van der Waals surface area (Å²) in [5, 5.41) is 8.81. The molecule has 3 atom stereocenters. The molecule has 3 unspecified atom stereocenters. The van der Waals surface area contributed by atoms with E-state index in [1.54, 1.807) is 0 Å². The molecule has 2 heterocycles. The topological polar surface area (TPSA) is 41.9 Å². The molecule has 0 amide bonds. The van der Waals surface area contributed by atoms with Crippen LogP contribution in [0.25, 0.3) is 0 Å². The van der Waals surface area contributed by atoms with Crippen molar-refractivity contribution in [2.75, 3.05) is 32.8 Å². The Morgan fingerprint density at radius 1 is 1.47 bits per heavy atom. The molecule has 0 aromatic rings. The van der Waals surface area contributed by atoms with Crippen molar-refractivity contribution in [1.29, 1.82) is 0 Å². The fourth-order valence-corrected chi connectivity index (χ4v) is 2.38. The Morgan fingerprint density at radius 2 is 2.33 bits per heavy atom. The average molecular weight is 215 g/mol. The van der Waals surface area contributed by atoms with Gasteiger partial charge in [0.05, 0.1) is 12.7 Å². The number of aliphatic hydroxyl groups excluding tert-OH is 1. The highest BCUT2D eigenvalue weighted by Gasteiger charge is 2.35. The lowest BCUT2D eigenvalue weighted by Crippen LogP contribution is -2.27. The number of nitrogens with zero attached hydrogens (tertiary/aromatic N) is 1. The number of rotatable bonds is 4. The highest BCUT2D eigenvalue weighted by molar-refractivity contribution is 4.80. The van der Waals surface area contributed by atoms with Crippen LogP contribution in [0.4, 0.5) is 0 Å². The van der Waals surface area contributed by atoms with Crippen LogP contribution < -0.4 is 0 Å². The second-order valence-electron chi connectivity index (χ2n) is 4.41. The van der Waals surface area contributed by atoms with Crippen LogP contribution in [0, 0.1) is 5.92 Å². The first-order chi connectivity index (χ1) is 7.33. The molecule has 1 N–H and O–H groups in total. The summed E-state index contributed by atoms with van der Waals surface area (Å²) in [6.45, 7) is 6.39. The van der Waals surface area contributed by atoms with E-state index in [1.807, 2.05) is 0 Å². The number of aliphatic hydroxyl groups is 1. The number of hydrogen-bond acceptors (Lipinski definition) is 4. The summed E-state index contributed by atoms with van der Waals surface area (Å²) in [5.74, 6) is 0.522. The molecule has 2 aliphatic heterocycles. The van der Waals surface area contributed by atoms with Crippen LogP contribution in [0.3, 0.4) is 0 Å². The van der Waals surface area contributed by atoms with E-state index < -0.39 is 0 Å². The Hall–Kier alpha value is -0.160. The molecule has 4 heteroatoms. The summed E-state index contributed by atoms with van der Waals surface area (Å²) < 4.78 is 11.4. The summed E-state index contributed by atoms with van der Waals surface area (Å²) in [6.07, 6.45) is 1.94. The number of likely N-dealkylation sites (tertiary alicyclic amines) is 1. The molecule has 2 fully saturated rings. The molecule has 0 aromatic carbocycles. The fraction of sp³-hybridized carbons (Fsp3) is 1.00. The van der Waals surface area contributed by atoms with Gasteiger partial charge < -0.3 is 19.5 Å². The van der Waals surface area contributed by atoms with Crippen molar-refractivity contribution < 1.29 is 14.6 Å². The van der Waals surface area contributed by atoms with Gasteiger partial charge in [-0.1, -0.05) is 6.92 Å². The zero-order valence-corrected chi connectivity index (χ0v) is 9.39. The van der Waals surface area contributed by atoms with Crippen molar-refractivity contribution in [2.45, 2.75) is 32.2 Å². The van der Waals surface area contributed by atoms with Gasteiger partial charge in [0.1, 0.15) is 0 Å². The van der Waals surface area contributed by atoms with Gasteiger partial charge in [0.2, 0.25) is 0 Å². The summed E-state index contributed by atoms with van der Waals surface area (Å²) in [4.78, 5) is 2.43. The number of ether oxygens (including phenoxy) is 2. The summed E-state index contributed by atoms with van der Waals surface area (Å²) in [6, 6.07) is 0. The van der Waals surface area contributed by atoms with Crippen molar-refractivity contribution in [1.82, 2.24) is 4.90 Å². The van der Waals surface area contributed by atoms with E-state index in [0.29, 0.717) is 18.9 Å². The Kier molecular flexibility index (Phi) is 3.97. The Morgan fingerprint density at radius 3 is 3.00 bits per heavy atom. The van der Waals surface area contributed by atoms with Gasteiger partial charge in [0.15, 0.2) is 6.29 Å². The maximum absolute atomic E-state index is 8.81. The maximum Gasteiger partial charge on any atom is 0.162 e. The zero-order chi connectivity index (χ0) is 10.7. The van der Waals surface area contributed by atoms with E-state index in [2.05, 4.69) is 11.8 Å². The molecule has 0 aliphatic carbocycles. The lowest BCUT2D eigenvalue weighted by molar-refractivity contribution is -0.0949. The predicted molar refractivity (Wildman–Crippen MR) is 56.5 cm³/mol. The summed E-state index contributed by atoms with van der Waals surface area (Å²) >= 11 is 0. The van der Waals surface area contributed by atoms with Crippen LogP contribution in [0.15, 0.2) is 0 Å². The molecule has 88 valence electrons. The maximum atomic E-state index is 8.81. The third-order valence-electron chi connectivity index (χ3n) is 3.36. The minimum absolute atomic E-state index is 0.0295. The highest BCUT2D eigenvalue weighted by atomic mass is 16.7. The molecule has 2 aliphatic rings. The van der Waals surface area contributed by atoms with Crippen molar-refractivity contribution in [2.24, 2.45) is 5.92 Å². The first kappa shape index (κ1) is 11.3. The van der Waals surface area contributed by atoms with Gasteiger partial charge in [0, 0.05) is 19.1 Å². The van der Waals surface area contributed by atoms with E-state index in [0.717, 1.165) is 19.6 Å². The van der Waals surface area contributed by atoms with E-state index >= 15 is 0 Å². The molecular formula is C11H21NO3. The summed E-state index contributed by atoms with van der Waals surface area (Å²) in [7, 11) is 0. The van der Waals surface area contributed by atoms with Gasteiger partial charge in [-0.15, -0.1) is 0 Å². The Bertz CT molecular complexity index is 200. The SMILES string of the molecule is CCN1CCC(C2OCC(CCO)O2)C1. The van der Waals surface area contributed by atoms with Crippen LogP contribution in [0.1, 0.15) is 19.8 Å². The molecular weight excluding hydrogens is 194 g/mol. The van der Waals surface area contributed by atoms with E-state index in [-0.39, 0.29) is 19.0 Å². The smallest absolute Gasteiger partial charge is 0.162 e. The quantitative estimate of drug-likeness (QED) is 0.739. The van der Waals surface area contributed by atoms with Crippen molar-refractivity contribution in [3.05, 3.63) is 0 Å². The van der Waals surface area contributed by atoms with Crippen molar-refractivity contribution in [3.63, 3.8) is 0 Å². The average Bonchev–Trinajstić information content (AvgIpc) is 2.85. The standard InChI is InChI=1S/C11H21NO3/c1-2-12-5-3-9(7-12)11-14-8-10(15-11)4-6-13/h9-11,13H,2-8H2,1H3. The van der Waals surface area contributed by atoms with Crippen LogP contribution >= 0.6 is 0 Å². The van der Waals surface area contributed by atoms with Gasteiger partial charge in [0.25, 0.3) is 0 Å². The predicted octanol–water partition coefficient (Wildman–Crippen LogP) is 0.452. The second kappa shape index (κ2) is 5.25. The summed E-state index contributed by atoms with van der Waals surface area (Å²) in [5.41, 5.74) is 0. The monoisotopic (exact) mass is 215 g/mol. The Balaban J connectivity index is 1.76. The van der Waals surface area contributed by atoms with E-state index in [1.165, 1.54) is 6.42 Å². The first-order valence-electron chi connectivity index (χ1n) is 5.93. The van der Waals surface area contributed by atoms with Crippen LogP contribution in [-0.2, 0) is 9.47 Å². The normalized spacial score (nSPS) is 37.6. The zero-order valence-electron chi connectivity index (χ0n) is 9.39. The molecule has 15 heavy (non-hydrogen) atoms. The van der Waals surface area contributed by atoms with E-state index in [9.17, 15) is 0 Å². The van der Waals surface area contributed by atoms with Gasteiger partial charge in [-0.2, -0.15) is 0 Å². The molecule has 4 nitrogen and oxygen atoms in total. The van der Waals surface area contributed by atoms with Crippen LogP contribution in [-0.4, -0.2) is 55.2 Å². The lowest BCUT2D eigenvalue weighted by atomic mass is 10.1. The molecule has 0 saturated carbocycles. The largest absolute Gasteiger partial charge is 0.396 e. The molecule has 2 saturated heterocycles. The molecule has 2 rings (SSSR count). The van der Waals surface area contributed by atoms with Gasteiger partial charge >= 0.3 is 0 Å². The van der Waals surface area contributed by atoms with Gasteiger partial charge in [-0.05, 0) is 25.9 Å².